The molecular formula is C9H18N2O4. The maximum absolute atomic E-state index is 11.6. The van der Waals surface area contributed by atoms with E-state index < -0.39 is 5.97 Å². The normalized spacial score (nSPS) is 9.80. The summed E-state index contributed by atoms with van der Waals surface area (Å²) in [6.07, 6.45) is 0.700. The van der Waals surface area contributed by atoms with E-state index in [0.717, 1.165) is 0 Å². The fourth-order valence-corrected chi connectivity index (χ4v) is 1.16. The molecule has 0 unspecified atom stereocenters. The Morgan fingerprint density at radius 2 is 1.87 bits per heavy atom. The Morgan fingerprint density at radius 1 is 1.27 bits per heavy atom. The minimum absolute atomic E-state index is 0.130. The van der Waals surface area contributed by atoms with E-state index in [1.807, 2.05) is 6.92 Å². The molecule has 0 aromatic rings. The second kappa shape index (κ2) is 7.05. The molecule has 0 spiro atoms. The summed E-state index contributed by atoms with van der Waals surface area (Å²) < 4.78 is 0. The van der Waals surface area contributed by atoms with E-state index in [9.17, 15) is 9.59 Å². The molecule has 0 radical (unpaired) electrons. The lowest BCUT2D eigenvalue weighted by molar-refractivity contribution is -0.137. The van der Waals surface area contributed by atoms with Crippen molar-refractivity contribution >= 4 is 12.0 Å². The molecule has 0 saturated heterocycles. The molecule has 2 amide bonds. The van der Waals surface area contributed by atoms with Gasteiger partial charge >= 0.3 is 12.0 Å². The highest BCUT2D eigenvalue weighted by Crippen LogP contribution is 1.98. The molecule has 0 heterocycles. The quantitative estimate of drug-likeness (QED) is 0.648. The van der Waals surface area contributed by atoms with Gasteiger partial charge < -0.3 is 20.0 Å². The fourth-order valence-electron chi connectivity index (χ4n) is 1.16. The minimum Gasteiger partial charge on any atom is -0.480 e. The van der Waals surface area contributed by atoms with E-state index in [-0.39, 0.29) is 25.7 Å². The van der Waals surface area contributed by atoms with Crippen molar-refractivity contribution in [1.82, 2.24) is 9.80 Å². The number of aliphatic hydroxyl groups is 1. The van der Waals surface area contributed by atoms with Crippen molar-refractivity contribution in [3.63, 3.8) is 0 Å². The Kier molecular flexibility index (Phi) is 6.44. The van der Waals surface area contributed by atoms with Crippen molar-refractivity contribution in [3.8, 4) is 0 Å². The monoisotopic (exact) mass is 218 g/mol. The van der Waals surface area contributed by atoms with Gasteiger partial charge in [-0.05, 0) is 6.42 Å². The molecule has 0 aliphatic rings. The number of urea groups is 1. The van der Waals surface area contributed by atoms with Gasteiger partial charge in [0.05, 0.1) is 6.61 Å². The molecule has 0 fully saturated rings. The first-order valence-electron chi connectivity index (χ1n) is 4.85. The topological polar surface area (TPSA) is 81.1 Å². The van der Waals surface area contributed by atoms with Crippen LogP contribution in [0.1, 0.15) is 13.3 Å². The lowest BCUT2D eigenvalue weighted by Crippen LogP contribution is -2.44. The molecule has 0 aromatic heterocycles. The summed E-state index contributed by atoms with van der Waals surface area (Å²) in [5, 5.41) is 17.3. The number of carboxylic acid groups (broad SMARTS) is 1. The molecule has 88 valence electrons. The van der Waals surface area contributed by atoms with E-state index in [1.165, 1.54) is 16.8 Å². The van der Waals surface area contributed by atoms with Crippen LogP contribution in [0.2, 0.25) is 0 Å². The number of likely N-dealkylation sites (N-methyl/N-ethyl adjacent to an activating group) is 1. The Morgan fingerprint density at radius 3 is 2.27 bits per heavy atom. The molecule has 0 bridgehead atoms. The first-order chi connectivity index (χ1) is 7.02. The SMILES string of the molecule is CCCN(CC(=O)O)C(=O)N(C)CCO. The summed E-state index contributed by atoms with van der Waals surface area (Å²) in [7, 11) is 1.53. The average Bonchev–Trinajstić information content (AvgIpc) is 2.16. The number of hydrogen-bond acceptors (Lipinski definition) is 3. The molecule has 0 aliphatic heterocycles. The summed E-state index contributed by atoms with van der Waals surface area (Å²) in [6.45, 7) is 2.05. The van der Waals surface area contributed by atoms with Gasteiger partial charge in [0.25, 0.3) is 0 Å². The lowest BCUT2D eigenvalue weighted by Gasteiger charge is -2.26. The van der Waals surface area contributed by atoms with Crippen molar-refractivity contribution < 1.29 is 19.8 Å². The van der Waals surface area contributed by atoms with Crippen LogP contribution in [-0.2, 0) is 4.79 Å². The third-order valence-electron chi connectivity index (χ3n) is 1.85. The van der Waals surface area contributed by atoms with Crippen LogP contribution in [0.15, 0.2) is 0 Å². The van der Waals surface area contributed by atoms with Crippen molar-refractivity contribution in [3.05, 3.63) is 0 Å². The minimum atomic E-state index is -1.03. The summed E-state index contributed by atoms with van der Waals surface area (Å²) >= 11 is 0. The Labute approximate surface area is 89.1 Å². The highest BCUT2D eigenvalue weighted by atomic mass is 16.4. The lowest BCUT2D eigenvalue weighted by atomic mass is 10.4. The van der Waals surface area contributed by atoms with Crippen molar-refractivity contribution in [2.24, 2.45) is 0 Å². The van der Waals surface area contributed by atoms with Crippen molar-refractivity contribution in [1.29, 1.82) is 0 Å². The number of hydrogen-bond donors (Lipinski definition) is 2. The number of carbonyl (C=O) groups excluding carboxylic acids is 1. The summed E-state index contributed by atoms with van der Waals surface area (Å²) in [5.41, 5.74) is 0. The summed E-state index contributed by atoms with van der Waals surface area (Å²) in [6, 6.07) is -0.367. The van der Waals surface area contributed by atoms with Crippen molar-refractivity contribution in [2.45, 2.75) is 13.3 Å². The zero-order chi connectivity index (χ0) is 11.8. The van der Waals surface area contributed by atoms with Gasteiger partial charge in [-0.1, -0.05) is 6.92 Å². The zero-order valence-corrected chi connectivity index (χ0v) is 9.14. The largest absolute Gasteiger partial charge is 0.480 e. The van der Waals surface area contributed by atoms with E-state index in [1.54, 1.807) is 0 Å². The number of aliphatic hydroxyl groups excluding tert-OH is 1. The van der Waals surface area contributed by atoms with Crippen LogP contribution < -0.4 is 0 Å². The van der Waals surface area contributed by atoms with Gasteiger partial charge in [-0.25, -0.2) is 4.79 Å². The first kappa shape index (κ1) is 13.7. The number of rotatable bonds is 6. The van der Waals surface area contributed by atoms with E-state index >= 15 is 0 Å². The smallest absolute Gasteiger partial charge is 0.323 e. The summed E-state index contributed by atoms with van der Waals surface area (Å²) in [4.78, 5) is 24.7. The highest BCUT2D eigenvalue weighted by molar-refractivity contribution is 5.80. The maximum atomic E-state index is 11.6. The highest BCUT2D eigenvalue weighted by Gasteiger charge is 2.18. The summed E-state index contributed by atoms with van der Waals surface area (Å²) in [5.74, 6) is -1.03. The van der Waals surface area contributed by atoms with Gasteiger partial charge in [0.2, 0.25) is 0 Å². The Balaban J connectivity index is 4.32. The van der Waals surface area contributed by atoms with Gasteiger partial charge in [-0.2, -0.15) is 0 Å². The molecule has 0 rings (SSSR count). The maximum Gasteiger partial charge on any atom is 0.323 e. The molecular weight excluding hydrogens is 200 g/mol. The van der Waals surface area contributed by atoms with E-state index in [4.69, 9.17) is 10.2 Å². The van der Waals surface area contributed by atoms with Crippen LogP contribution in [0.5, 0.6) is 0 Å². The van der Waals surface area contributed by atoms with Crippen molar-refractivity contribution in [2.75, 3.05) is 33.3 Å². The molecule has 0 atom stereocenters. The second-order valence-corrected chi connectivity index (χ2v) is 3.24. The Bertz CT molecular complexity index is 220. The Hall–Kier alpha value is -1.30. The predicted octanol–water partition coefficient (Wildman–Crippen LogP) is -0.173. The standard InChI is InChI=1S/C9H18N2O4/c1-3-4-11(7-8(13)14)9(15)10(2)5-6-12/h12H,3-7H2,1-2H3,(H,13,14). The number of nitrogens with zero attached hydrogens (tertiary/aromatic N) is 2. The fraction of sp³-hybridized carbons (Fsp3) is 0.778. The number of amides is 2. The van der Waals surface area contributed by atoms with Gasteiger partial charge in [-0.15, -0.1) is 0 Å². The van der Waals surface area contributed by atoms with Gasteiger partial charge in [0, 0.05) is 20.1 Å². The van der Waals surface area contributed by atoms with Gasteiger partial charge in [0.15, 0.2) is 0 Å². The van der Waals surface area contributed by atoms with Crippen LogP contribution in [0.3, 0.4) is 0 Å². The van der Waals surface area contributed by atoms with E-state index in [2.05, 4.69) is 0 Å². The number of aliphatic carboxylic acids is 1. The van der Waals surface area contributed by atoms with Gasteiger partial charge in [-0.3, -0.25) is 4.79 Å². The molecule has 2 N–H and O–H groups in total. The predicted molar refractivity (Wildman–Crippen MR) is 54.6 cm³/mol. The van der Waals surface area contributed by atoms with E-state index in [0.29, 0.717) is 13.0 Å². The van der Waals surface area contributed by atoms with Crippen LogP contribution >= 0.6 is 0 Å². The number of carboxylic acids is 1. The van der Waals surface area contributed by atoms with Crippen LogP contribution in [0.25, 0.3) is 0 Å². The van der Waals surface area contributed by atoms with Gasteiger partial charge in [0.1, 0.15) is 6.54 Å². The second-order valence-electron chi connectivity index (χ2n) is 3.24. The van der Waals surface area contributed by atoms with Crippen LogP contribution in [0, 0.1) is 0 Å². The third kappa shape index (κ3) is 5.21. The van der Waals surface area contributed by atoms with Crippen LogP contribution in [-0.4, -0.2) is 65.3 Å². The third-order valence-corrected chi connectivity index (χ3v) is 1.85. The molecule has 15 heavy (non-hydrogen) atoms. The molecule has 6 nitrogen and oxygen atoms in total. The first-order valence-corrected chi connectivity index (χ1v) is 4.85. The molecule has 0 saturated carbocycles. The van der Waals surface area contributed by atoms with Crippen LogP contribution in [0.4, 0.5) is 4.79 Å². The molecule has 0 aromatic carbocycles. The molecule has 0 aliphatic carbocycles. The molecule has 6 heteroatoms. The zero-order valence-electron chi connectivity index (χ0n) is 9.14. The number of carbonyl (C=O) groups is 2. The average molecular weight is 218 g/mol.